The predicted octanol–water partition coefficient (Wildman–Crippen LogP) is 7.70. The zero-order valence-corrected chi connectivity index (χ0v) is 14.5. The van der Waals surface area contributed by atoms with Gasteiger partial charge in [-0.15, -0.1) is 45.3 Å². The van der Waals surface area contributed by atoms with E-state index in [2.05, 4.69) is 47.2 Å². The van der Waals surface area contributed by atoms with Gasteiger partial charge in [0, 0.05) is 29.6 Å². The van der Waals surface area contributed by atoms with E-state index < -0.39 is 0 Å². The average Bonchev–Trinajstić information content (AvgIpc) is 3.25. The zero-order chi connectivity index (χ0) is 14.3. The molecule has 2 aromatic carbocycles. The fraction of sp³-hybridized carbons (Fsp3) is 0. The van der Waals surface area contributed by atoms with Crippen LogP contribution in [-0.4, -0.2) is 0 Å². The molecule has 0 aliphatic carbocycles. The SMILES string of the molecule is c1cc2cc3c(cc2s1)sc1c2cc4ccsc4cc2sc31. The molecule has 22 heavy (non-hydrogen) atoms. The Kier molecular flexibility index (Phi) is 2.23. The molecule has 6 aromatic rings. The first kappa shape index (κ1) is 12.0. The van der Waals surface area contributed by atoms with E-state index in [0.717, 1.165) is 0 Å². The van der Waals surface area contributed by atoms with Crippen molar-refractivity contribution in [1.29, 1.82) is 0 Å². The topological polar surface area (TPSA) is 0 Å². The molecule has 4 heteroatoms. The molecular weight excluding hydrogens is 344 g/mol. The summed E-state index contributed by atoms with van der Waals surface area (Å²) in [6, 6.07) is 13.9. The number of benzene rings is 2. The van der Waals surface area contributed by atoms with Crippen LogP contribution >= 0.6 is 45.3 Å². The molecule has 0 unspecified atom stereocenters. The van der Waals surface area contributed by atoms with Crippen LogP contribution in [0.1, 0.15) is 0 Å². The minimum atomic E-state index is 1.37. The molecule has 4 aromatic heterocycles. The second-order valence-electron chi connectivity index (χ2n) is 5.48. The van der Waals surface area contributed by atoms with E-state index in [1.165, 1.54) is 49.7 Å². The number of hydrogen-bond donors (Lipinski definition) is 0. The van der Waals surface area contributed by atoms with Crippen molar-refractivity contribution >= 4 is 95.1 Å². The van der Waals surface area contributed by atoms with Crippen LogP contribution < -0.4 is 0 Å². The van der Waals surface area contributed by atoms with Crippen molar-refractivity contribution in [2.24, 2.45) is 0 Å². The van der Waals surface area contributed by atoms with Crippen LogP contribution in [0.4, 0.5) is 0 Å². The summed E-state index contributed by atoms with van der Waals surface area (Å²) in [5.74, 6) is 0. The Morgan fingerprint density at radius 3 is 1.55 bits per heavy atom. The molecule has 0 atom stereocenters. The van der Waals surface area contributed by atoms with E-state index in [1.54, 1.807) is 0 Å². The molecule has 0 amide bonds. The first-order valence-electron chi connectivity index (χ1n) is 7.00. The largest absolute Gasteiger partial charge is 0.144 e. The van der Waals surface area contributed by atoms with Crippen LogP contribution in [0.3, 0.4) is 0 Å². The van der Waals surface area contributed by atoms with Gasteiger partial charge in [0.15, 0.2) is 0 Å². The molecule has 0 bridgehead atoms. The maximum atomic E-state index is 2.37. The smallest absolute Gasteiger partial charge is 0.0542 e. The Morgan fingerprint density at radius 1 is 0.545 bits per heavy atom. The Hall–Kier alpha value is -1.46. The van der Waals surface area contributed by atoms with Gasteiger partial charge in [-0.1, -0.05) is 0 Å². The summed E-state index contributed by atoms with van der Waals surface area (Å²) in [7, 11) is 0. The summed E-state index contributed by atoms with van der Waals surface area (Å²) in [4.78, 5) is 0. The molecule has 4 heterocycles. The zero-order valence-electron chi connectivity index (χ0n) is 11.3. The highest BCUT2D eigenvalue weighted by Gasteiger charge is 2.14. The summed E-state index contributed by atoms with van der Waals surface area (Å²) in [6.07, 6.45) is 0. The van der Waals surface area contributed by atoms with Crippen molar-refractivity contribution in [1.82, 2.24) is 0 Å². The van der Waals surface area contributed by atoms with E-state index in [9.17, 15) is 0 Å². The molecule has 0 nitrogen and oxygen atoms in total. The highest BCUT2D eigenvalue weighted by molar-refractivity contribution is 7.36. The molecule has 0 radical (unpaired) electrons. The maximum absolute atomic E-state index is 2.37. The molecule has 6 rings (SSSR count). The van der Waals surface area contributed by atoms with Gasteiger partial charge in [-0.2, -0.15) is 0 Å². The van der Waals surface area contributed by atoms with Crippen LogP contribution in [0.25, 0.3) is 49.7 Å². The van der Waals surface area contributed by atoms with E-state index in [-0.39, 0.29) is 0 Å². The van der Waals surface area contributed by atoms with Gasteiger partial charge in [-0.25, -0.2) is 0 Å². The van der Waals surface area contributed by atoms with Gasteiger partial charge in [-0.3, -0.25) is 0 Å². The number of fused-ring (bicyclic) bond motifs is 7. The monoisotopic (exact) mass is 352 g/mol. The van der Waals surface area contributed by atoms with Crippen molar-refractivity contribution in [3.8, 4) is 0 Å². The standard InChI is InChI=1S/C18H8S4/c1-3-19-13-7-15-11(5-9(1)13)17-18(21-15)12-6-10-2-4-20-14(10)8-16(12)22-17/h1-8H. The lowest BCUT2D eigenvalue weighted by Crippen LogP contribution is -1.63. The molecule has 0 N–H and O–H groups in total. The summed E-state index contributed by atoms with van der Waals surface area (Å²) >= 11 is 7.56. The minimum Gasteiger partial charge on any atom is -0.144 e. The fourth-order valence-electron chi connectivity index (χ4n) is 3.17. The Balaban J connectivity index is 1.86. The van der Waals surface area contributed by atoms with Crippen LogP contribution in [0.15, 0.2) is 47.2 Å². The summed E-state index contributed by atoms with van der Waals surface area (Å²) in [5, 5.41) is 9.96. The lowest BCUT2D eigenvalue weighted by molar-refractivity contribution is 2.07. The van der Waals surface area contributed by atoms with Gasteiger partial charge in [0.2, 0.25) is 0 Å². The second-order valence-corrected chi connectivity index (χ2v) is 9.48. The molecule has 0 aliphatic heterocycles. The van der Waals surface area contributed by atoms with Gasteiger partial charge < -0.3 is 0 Å². The summed E-state index contributed by atoms with van der Waals surface area (Å²) in [6.45, 7) is 0. The third-order valence-corrected chi connectivity index (χ3v) is 8.49. The first-order chi connectivity index (χ1) is 10.9. The van der Waals surface area contributed by atoms with Crippen molar-refractivity contribution in [2.75, 3.05) is 0 Å². The molecule has 0 saturated carbocycles. The van der Waals surface area contributed by atoms with Gasteiger partial charge in [0.05, 0.1) is 9.40 Å². The first-order valence-corrected chi connectivity index (χ1v) is 10.4. The highest BCUT2D eigenvalue weighted by atomic mass is 32.1. The van der Waals surface area contributed by atoms with Crippen LogP contribution in [0.5, 0.6) is 0 Å². The quantitative estimate of drug-likeness (QED) is 0.263. The number of thiophene rings is 4. The van der Waals surface area contributed by atoms with E-state index in [1.807, 2.05) is 45.3 Å². The van der Waals surface area contributed by atoms with Crippen molar-refractivity contribution < 1.29 is 0 Å². The third kappa shape index (κ3) is 1.46. The molecule has 0 spiro atoms. The maximum Gasteiger partial charge on any atom is 0.0542 e. The summed E-state index contributed by atoms with van der Waals surface area (Å²) in [5.41, 5.74) is 0. The van der Waals surface area contributed by atoms with Crippen molar-refractivity contribution in [3.05, 3.63) is 47.2 Å². The molecule has 0 fully saturated rings. The van der Waals surface area contributed by atoms with Gasteiger partial charge in [0.25, 0.3) is 0 Å². The van der Waals surface area contributed by atoms with Gasteiger partial charge in [0.1, 0.15) is 0 Å². The lowest BCUT2D eigenvalue weighted by Gasteiger charge is -1.93. The van der Waals surface area contributed by atoms with Crippen molar-refractivity contribution in [3.63, 3.8) is 0 Å². The molecule has 104 valence electrons. The number of rotatable bonds is 0. The normalized spacial score (nSPS) is 12.5. The average molecular weight is 353 g/mol. The van der Waals surface area contributed by atoms with E-state index >= 15 is 0 Å². The van der Waals surface area contributed by atoms with E-state index in [0.29, 0.717) is 0 Å². The van der Waals surface area contributed by atoms with Gasteiger partial charge >= 0.3 is 0 Å². The second kappa shape index (κ2) is 4.09. The molecule has 0 aliphatic rings. The minimum absolute atomic E-state index is 1.37. The number of hydrogen-bond acceptors (Lipinski definition) is 4. The third-order valence-electron chi connectivity index (χ3n) is 4.23. The Bertz CT molecular complexity index is 1220. The van der Waals surface area contributed by atoms with Crippen molar-refractivity contribution in [2.45, 2.75) is 0 Å². The van der Waals surface area contributed by atoms with Crippen LogP contribution in [0, 0.1) is 0 Å². The lowest BCUT2D eigenvalue weighted by atomic mass is 10.2. The Labute approximate surface area is 141 Å². The van der Waals surface area contributed by atoms with Gasteiger partial charge in [-0.05, 0) is 57.9 Å². The predicted molar refractivity (Wildman–Crippen MR) is 105 cm³/mol. The van der Waals surface area contributed by atoms with E-state index in [4.69, 9.17) is 0 Å². The molecular formula is C18H8S4. The van der Waals surface area contributed by atoms with Crippen LogP contribution in [-0.2, 0) is 0 Å². The fourth-order valence-corrected chi connectivity index (χ4v) is 7.62. The molecule has 0 saturated heterocycles. The van der Waals surface area contributed by atoms with Crippen LogP contribution in [0.2, 0.25) is 0 Å². The highest BCUT2D eigenvalue weighted by Crippen LogP contribution is 2.46. The Morgan fingerprint density at radius 2 is 1.05 bits per heavy atom. The summed E-state index contributed by atoms with van der Waals surface area (Å²) < 4.78 is 8.55.